The summed E-state index contributed by atoms with van der Waals surface area (Å²) >= 11 is 0. The SMILES string of the molecule is C=CC(=O)OCCN(CCCC)SSN(CCCC)CCOC(=O)C=C. The molecule has 0 bridgehead atoms. The largest absolute Gasteiger partial charge is 0.461 e. The summed E-state index contributed by atoms with van der Waals surface area (Å²) in [5, 5.41) is 0. The topological polar surface area (TPSA) is 59.1 Å². The highest BCUT2D eigenvalue weighted by Gasteiger charge is 2.12. The van der Waals surface area contributed by atoms with Crippen molar-refractivity contribution in [3.8, 4) is 0 Å². The zero-order chi connectivity index (χ0) is 19.6. The van der Waals surface area contributed by atoms with Crippen LogP contribution in [0.25, 0.3) is 0 Å². The molecule has 0 aliphatic rings. The Morgan fingerprint density at radius 1 is 0.808 bits per heavy atom. The molecule has 0 spiro atoms. The second-order valence-corrected chi connectivity index (χ2v) is 7.68. The summed E-state index contributed by atoms with van der Waals surface area (Å²) in [6.45, 7) is 14.9. The van der Waals surface area contributed by atoms with Gasteiger partial charge in [0, 0.05) is 60.3 Å². The predicted molar refractivity (Wildman–Crippen MR) is 110 cm³/mol. The highest BCUT2D eigenvalue weighted by molar-refractivity contribution is 8.74. The highest BCUT2D eigenvalue weighted by Crippen LogP contribution is 2.30. The summed E-state index contributed by atoms with van der Waals surface area (Å²) in [4.78, 5) is 22.3. The van der Waals surface area contributed by atoms with E-state index in [1.54, 1.807) is 22.0 Å². The Labute approximate surface area is 166 Å². The summed E-state index contributed by atoms with van der Waals surface area (Å²) in [5.74, 6) is -0.793. The van der Waals surface area contributed by atoms with Crippen LogP contribution in [0.1, 0.15) is 39.5 Å². The molecule has 0 unspecified atom stereocenters. The zero-order valence-corrected chi connectivity index (χ0v) is 17.6. The van der Waals surface area contributed by atoms with Crippen LogP contribution in [-0.2, 0) is 19.1 Å². The quantitative estimate of drug-likeness (QED) is 0.157. The van der Waals surface area contributed by atoms with Crippen molar-refractivity contribution in [3.05, 3.63) is 25.3 Å². The van der Waals surface area contributed by atoms with Crippen LogP contribution in [0.4, 0.5) is 0 Å². The Balaban J connectivity index is 4.39. The number of hydrogen-bond acceptors (Lipinski definition) is 8. The molecule has 0 aliphatic carbocycles. The van der Waals surface area contributed by atoms with E-state index < -0.39 is 11.9 Å². The first-order chi connectivity index (χ1) is 12.6. The summed E-state index contributed by atoms with van der Waals surface area (Å²) in [6.07, 6.45) is 6.71. The lowest BCUT2D eigenvalue weighted by atomic mass is 10.3. The molecule has 0 N–H and O–H groups in total. The molecule has 0 amide bonds. The minimum atomic E-state index is -0.397. The lowest BCUT2D eigenvalue weighted by molar-refractivity contribution is -0.138. The molecule has 6 nitrogen and oxygen atoms in total. The van der Waals surface area contributed by atoms with E-state index in [1.807, 2.05) is 0 Å². The minimum Gasteiger partial charge on any atom is -0.461 e. The maximum Gasteiger partial charge on any atom is 0.330 e. The van der Waals surface area contributed by atoms with Gasteiger partial charge in [-0.2, -0.15) is 0 Å². The fraction of sp³-hybridized carbons (Fsp3) is 0.667. The van der Waals surface area contributed by atoms with Crippen LogP contribution in [0.3, 0.4) is 0 Å². The van der Waals surface area contributed by atoms with E-state index in [0.717, 1.165) is 38.8 Å². The zero-order valence-electron chi connectivity index (χ0n) is 16.0. The number of esters is 2. The average Bonchev–Trinajstić information content (AvgIpc) is 2.66. The molecule has 0 aromatic carbocycles. The number of ether oxygens (including phenoxy) is 2. The molecule has 0 heterocycles. The van der Waals surface area contributed by atoms with E-state index in [4.69, 9.17) is 9.47 Å². The average molecular weight is 405 g/mol. The van der Waals surface area contributed by atoms with Crippen LogP contribution in [0, 0.1) is 0 Å². The molecular formula is C18H32N2O4S2. The van der Waals surface area contributed by atoms with Crippen LogP contribution in [-0.4, -0.2) is 59.9 Å². The van der Waals surface area contributed by atoms with Crippen molar-refractivity contribution in [2.24, 2.45) is 0 Å². The van der Waals surface area contributed by atoms with Crippen LogP contribution in [0.15, 0.2) is 25.3 Å². The maximum absolute atomic E-state index is 11.2. The standard InChI is InChI=1S/C18H32N2O4S2/c1-5-9-11-19(13-15-23-17(21)7-3)25-26-20(12-10-6-2)14-16-24-18(22)8-4/h7-8H,3-6,9-16H2,1-2H3. The lowest BCUT2D eigenvalue weighted by Crippen LogP contribution is -2.26. The van der Waals surface area contributed by atoms with E-state index >= 15 is 0 Å². The van der Waals surface area contributed by atoms with Gasteiger partial charge in [-0.15, -0.1) is 0 Å². The van der Waals surface area contributed by atoms with Gasteiger partial charge in [0.15, 0.2) is 0 Å². The van der Waals surface area contributed by atoms with Gasteiger partial charge in [-0.25, -0.2) is 18.2 Å². The number of unbranched alkanes of at least 4 members (excludes halogenated alkanes) is 2. The van der Waals surface area contributed by atoms with Crippen molar-refractivity contribution in [1.29, 1.82) is 0 Å². The summed E-state index contributed by atoms with van der Waals surface area (Å²) in [6, 6.07) is 0. The molecule has 0 rings (SSSR count). The van der Waals surface area contributed by atoms with Crippen LogP contribution >= 0.6 is 22.0 Å². The summed E-state index contributed by atoms with van der Waals surface area (Å²) in [7, 11) is 3.28. The van der Waals surface area contributed by atoms with Gasteiger partial charge >= 0.3 is 11.9 Å². The van der Waals surface area contributed by atoms with Gasteiger partial charge in [-0.1, -0.05) is 39.8 Å². The second kappa shape index (κ2) is 17.5. The maximum atomic E-state index is 11.2. The Morgan fingerprint density at radius 3 is 1.50 bits per heavy atom. The molecule has 0 radical (unpaired) electrons. The van der Waals surface area contributed by atoms with E-state index in [2.05, 4.69) is 35.6 Å². The lowest BCUT2D eigenvalue weighted by Gasteiger charge is -2.25. The smallest absolute Gasteiger partial charge is 0.330 e. The van der Waals surface area contributed by atoms with Crippen molar-refractivity contribution < 1.29 is 19.1 Å². The third kappa shape index (κ3) is 14.2. The molecule has 150 valence electrons. The summed E-state index contributed by atoms with van der Waals surface area (Å²) in [5.41, 5.74) is 0. The fourth-order valence-electron chi connectivity index (χ4n) is 1.75. The van der Waals surface area contributed by atoms with Crippen molar-refractivity contribution in [2.75, 3.05) is 39.4 Å². The molecular weight excluding hydrogens is 372 g/mol. The van der Waals surface area contributed by atoms with Gasteiger partial charge < -0.3 is 9.47 Å². The van der Waals surface area contributed by atoms with Gasteiger partial charge in [0.2, 0.25) is 0 Å². The number of rotatable bonds is 17. The van der Waals surface area contributed by atoms with E-state index in [0.29, 0.717) is 26.3 Å². The monoisotopic (exact) mass is 404 g/mol. The van der Waals surface area contributed by atoms with Crippen molar-refractivity contribution in [2.45, 2.75) is 39.5 Å². The molecule has 0 aromatic heterocycles. The molecule has 0 aromatic rings. The third-order valence-electron chi connectivity index (χ3n) is 3.27. The Morgan fingerprint density at radius 2 is 1.19 bits per heavy atom. The number of hydrogen-bond donors (Lipinski definition) is 0. The van der Waals surface area contributed by atoms with Gasteiger partial charge in [-0.05, 0) is 12.8 Å². The molecule has 0 atom stereocenters. The third-order valence-corrected chi connectivity index (χ3v) is 5.95. The number of carbonyl (C=O) groups excluding carboxylic acids is 2. The number of carbonyl (C=O) groups is 2. The van der Waals surface area contributed by atoms with Crippen molar-refractivity contribution >= 4 is 33.9 Å². The molecule has 0 saturated carbocycles. The highest BCUT2D eigenvalue weighted by atomic mass is 33.1. The van der Waals surface area contributed by atoms with Crippen LogP contribution in [0.2, 0.25) is 0 Å². The predicted octanol–water partition coefficient (Wildman–Crippen LogP) is 3.86. The Bertz CT molecular complexity index is 384. The fourth-order valence-corrected chi connectivity index (χ4v) is 4.10. The summed E-state index contributed by atoms with van der Waals surface area (Å²) < 4.78 is 14.5. The van der Waals surface area contributed by atoms with Gasteiger partial charge in [0.25, 0.3) is 0 Å². The molecule has 0 saturated heterocycles. The van der Waals surface area contributed by atoms with Gasteiger partial charge in [-0.3, -0.25) is 0 Å². The van der Waals surface area contributed by atoms with Crippen LogP contribution < -0.4 is 0 Å². The normalized spacial score (nSPS) is 10.8. The second-order valence-electron chi connectivity index (χ2n) is 5.46. The van der Waals surface area contributed by atoms with Crippen LogP contribution in [0.5, 0.6) is 0 Å². The van der Waals surface area contributed by atoms with E-state index in [1.165, 1.54) is 12.2 Å². The van der Waals surface area contributed by atoms with Gasteiger partial charge in [0.05, 0.1) is 0 Å². The van der Waals surface area contributed by atoms with Gasteiger partial charge in [0.1, 0.15) is 13.2 Å². The first kappa shape index (κ1) is 25.0. The molecule has 0 fully saturated rings. The van der Waals surface area contributed by atoms with E-state index in [-0.39, 0.29) is 0 Å². The first-order valence-electron chi connectivity index (χ1n) is 9.00. The Kier molecular flexibility index (Phi) is 16.8. The Hall–Kier alpha value is -0.960. The van der Waals surface area contributed by atoms with E-state index in [9.17, 15) is 9.59 Å². The van der Waals surface area contributed by atoms with Crippen molar-refractivity contribution in [1.82, 2.24) is 8.61 Å². The first-order valence-corrected chi connectivity index (χ1v) is 11.1. The molecule has 26 heavy (non-hydrogen) atoms. The molecule has 8 heteroatoms. The minimum absolute atomic E-state index is 0.341. The molecule has 0 aliphatic heterocycles. The van der Waals surface area contributed by atoms with Crippen molar-refractivity contribution in [3.63, 3.8) is 0 Å². The number of nitrogens with zero attached hydrogens (tertiary/aromatic N) is 2.